The maximum Gasteiger partial charge on any atom is 0.193 e. The van der Waals surface area contributed by atoms with E-state index in [2.05, 4.69) is 29.3 Å². The van der Waals surface area contributed by atoms with E-state index in [9.17, 15) is 5.11 Å². The molecular weight excluding hydrogens is 342 g/mol. The van der Waals surface area contributed by atoms with Gasteiger partial charge >= 0.3 is 0 Å². The summed E-state index contributed by atoms with van der Waals surface area (Å²) in [6, 6.07) is 6.12. The van der Waals surface area contributed by atoms with Gasteiger partial charge in [0.1, 0.15) is 11.5 Å². The van der Waals surface area contributed by atoms with Crippen molar-refractivity contribution in [3.8, 4) is 11.5 Å². The highest BCUT2D eigenvalue weighted by Gasteiger charge is 2.28. The first-order valence-corrected chi connectivity index (χ1v) is 10.1. The highest BCUT2D eigenvalue weighted by molar-refractivity contribution is 5.80. The van der Waals surface area contributed by atoms with Gasteiger partial charge in [-0.3, -0.25) is 4.99 Å². The van der Waals surface area contributed by atoms with Crippen molar-refractivity contribution in [2.75, 3.05) is 40.4 Å². The summed E-state index contributed by atoms with van der Waals surface area (Å²) in [5, 5.41) is 13.5. The Labute approximate surface area is 162 Å². The molecule has 0 radical (unpaired) electrons. The summed E-state index contributed by atoms with van der Waals surface area (Å²) in [5.41, 5.74) is 1.25. The lowest BCUT2D eigenvalue weighted by molar-refractivity contribution is 0.136. The minimum atomic E-state index is -0.188. The van der Waals surface area contributed by atoms with Crippen molar-refractivity contribution < 1.29 is 14.6 Å². The number of nitrogens with one attached hydrogen (secondary N) is 1. The average molecular weight is 376 g/mol. The smallest absolute Gasteiger partial charge is 0.193 e. The molecule has 1 aromatic rings. The summed E-state index contributed by atoms with van der Waals surface area (Å²) < 4.78 is 10.8. The van der Waals surface area contributed by atoms with E-state index >= 15 is 0 Å². The van der Waals surface area contributed by atoms with Crippen LogP contribution in [0.4, 0.5) is 0 Å². The van der Waals surface area contributed by atoms with Gasteiger partial charge in [-0.2, -0.15) is 0 Å². The van der Waals surface area contributed by atoms with Crippen molar-refractivity contribution in [2.24, 2.45) is 10.9 Å². The van der Waals surface area contributed by atoms with Crippen molar-refractivity contribution in [2.45, 2.75) is 44.6 Å². The highest BCUT2D eigenvalue weighted by Crippen LogP contribution is 2.33. The lowest BCUT2D eigenvalue weighted by Crippen LogP contribution is -2.40. The molecule has 150 valence electrons. The van der Waals surface area contributed by atoms with Crippen LogP contribution in [0.15, 0.2) is 23.2 Å². The predicted molar refractivity (Wildman–Crippen MR) is 108 cm³/mol. The molecule has 1 saturated carbocycles. The van der Waals surface area contributed by atoms with Crippen LogP contribution in [0.2, 0.25) is 0 Å². The Morgan fingerprint density at radius 3 is 2.52 bits per heavy atom. The monoisotopic (exact) mass is 375 g/mol. The van der Waals surface area contributed by atoms with Crippen molar-refractivity contribution in [1.29, 1.82) is 0 Å². The average Bonchev–Trinajstić information content (AvgIpc) is 3.34. The van der Waals surface area contributed by atoms with Crippen molar-refractivity contribution in [3.63, 3.8) is 0 Å². The summed E-state index contributed by atoms with van der Waals surface area (Å²) in [6.45, 7) is 5.55. The molecule has 6 heteroatoms. The number of likely N-dealkylation sites (tertiary alicyclic amines) is 1. The maximum atomic E-state index is 10.1. The Bertz CT molecular complexity index is 627. The molecule has 1 aliphatic carbocycles. The quantitative estimate of drug-likeness (QED) is 0.591. The van der Waals surface area contributed by atoms with Gasteiger partial charge in [0, 0.05) is 44.1 Å². The molecule has 3 rings (SSSR count). The van der Waals surface area contributed by atoms with Crippen LogP contribution in [0.1, 0.15) is 44.1 Å². The first-order chi connectivity index (χ1) is 13.1. The lowest BCUT2D eigenvalue weighted by Gasteiger charge is -2.23. The molecule has 3 atom stereocenters. The molecule has 2 fully saturated rings. The van der Waals surface area contributed by atoms with Gasteiger partial charge in [0.15, 0.2) is 5.96 Å². The Balaban J connectivity index is 1.68. The van der Waals surface area contributed by atoms with Crippen LogP contribution < -0.4 is 14.8 Å². The lowest BCUT2D eigenvalue weighted by atomic mass is 9.98. The zero-order valence-corrected chi connectivity index (χ0v) is 16.8. The van der Waals surface area contributed by atoms with Gasteiger partial charge in [0.25, 0.3) is 0 Å². The fraction of sp³-hybridized carbons (Fsp3) is 0.667. The van der Waals surface area contributed by atoms with Gasteiger partial charge in [0.05, 0.1) is 20.3 Å². The number of nitrogens with zero attached hydrogens (tertiary/aromatic N) is 2. The molecule has 0 bridgehead atoms. The first-order valence-electron chi connectivity index (χ1n) is 10.1. The van der Waals surface area contributed by atoms with Gasteiger partial charge in [-0.25, -0.2) is 0 Å². The number of ether oxygens (including phenoxy) is 2. The second-order valence-corrected chi connectivity index (χ2v) is 7.53. The second-order valence-electron chi connectivity index (χ2n) is 7.53. The molecule has 3 unspecified atom stereocenters. The van der Waals surface area contributed by atoms with Crippen molar-refractivity contribution in [3.05, 3.63) is 23.8 Å². The van der Waals surface area contributed by atoms with E-state index in [4.69, 9.17) is 14.5 Å². The first kappa shape index (κ1) is 19.8. The van der Waals surface area contributed by atoms with Crippen molar-refractivity contribution in [1.82, 2.24) is 10.2 Å². The zero-order chi connectivity index (χ0) is 19.2. The standard InChI is InChI=1S/C21H33N3O3/c1-4-22-21(23-13-15-6-5-7-20(15)25)24-9-8-16(14-24)17-10-18(26-2)12-19(11-17)27-3/h10-12,15-16,20,25H,4-9,13-14H2,1-3H3,(H,22,23). The van der Waals surface area contributed by atoms with E-state index in [-0.39, 0.29) is 6.10 Å². The Morgan fingerprint density at radius 2 is 1.93 bits per heavy atom. The molecule has 0 amide bonds. The third kappa shape index (κ3) is 4.86. The number of hydrogen-bond donors (Lipinski definition) is 2. The molecule has 1 saturated heterocycles. The molecule has 1 aromatic carbocycles. The minimum Gasteiger partial charge on any atom is -0.497 e. The molecule has 2 N–H and O–H groups in total. The molecule has 0 aromatic heterocycles. The van der Waals surface area contributed by atoms with Gasteiger partial charge in [0.2, 0.25) is 0 Å². The zero-order valence-electron chi connectivity index (χ0n) is 16.8. The summed E-state index contributed by atoms with van der Waals surface area (Å²) in [4.78, 5) is 7.18. The molecule has 2 aliphatic rings. The van der Waals surface area contributed by atoms with Gasteiger partial charge < -0.3 is 24.8 Å². The van der Waals surface area contributed by atoms with Crippen LogP contribution in [0.3, 0.4) is 0 Å². The Hall–Kier alpha value is -1.95. The summed E-state index contributed by atoms with van der Waals surface area (Å²) in [7, 11) is 3.37. The number of hydrogen-bond acceptors (Lipinski definition) is 4. The topological polar surface area (TPSA) is 66.3 Å². The third-order valence-electron chi connectivity index (χ3n) is 5.76. The normalized spacial score (nSPS) is 25.7. The molecule has 1 heterocycles. The number of aliphatic imine (C=N–C) groups is 1. The molecule has 0 spiro atoms. The van der Waals surface area contributed by atoms with E-state index in [1.165, 1.54) is 5.56 Å². The van der Waals surface area contributed by atoms with E-state index in [0.717, 1.165) is 62.8 Å². The van der Waals surface area contributed by atoms with Crippen LogP contribution in [0, 0.1) is 5.92 Å². The van der Waals surface area contributed by atoms with E-state index in [0.29, 0.717) is 18.4 Å². The summed E-state index contributed by atoms with van der Waals surface area (Å²) >= 11 is 0. The van der Waals surface area contributed by atoms with Gasteiger partial charge in [-0.15, -0.1) is 0 Å². The Kier molecular flexibility index (Phi) is 6.83. The SMILES string of the molecule is CCNC(=NCC1CCCC1O)N1CCC(c2cc(OC)cc(OC)c2)C1. The highest BCUT2D eigenvalue weighted by atomic mass is 16.5. The largest absolute Gasteiger partial charge is 0.497 e. The van der Waals surface area contributed by atoms with Crippen LogP contribution in [0.5, 0.6) is 11.5 Å². The van der Waals surface area contributed by atoms with Crippen LogP contribution >= 0.6 is 0 Å². The second kappa shape index (κ2) is 9.31. The number of methoxy groups -OCH3 is 2. The van der Waals surface area contributed by atoms with E-state index in [1.54, 1.807) is 14.2 Å². The number of aliphatic hydroxyl groups excluding tert-OH is 1. The number of benzene rings is 1. The predicted octanol–water partition coefficient (Wildman–Crippen LogP) is 2.62. The number of rotatable bonds is 6. The van der Waals surface area contributed by atoms with Gasteiger partial charge in [-0.1, -0.05) is 6.42 Å². The summed E-state index contributed by atoms with van der Waals surface area (Å²) in [5.74, 6) is 3.36. The van der Waals surface area contributed by atoms with Gasteiger partial charge in [-0.05, 0) is 43.9 Å². The Morgan fingerprint density at radius 1 is 1.19 bits per heavy atom. The van der Waals surface area contributed by atoms with Crippen LogP contribution in [-0.2, 0) is 0 Å². The van der Waals surface area contributed by atoms with Crippen LogP contribution in [-0.4, -0.2) is 62.5 Å². The maximum absolute atomic E-state index is 10.1. The fourth-order valence-corrected chi connectivity index (χ4v) is 4.15. The molecular formula is C21H33N3O3. The van der Waals surface area contributed by atoms with E-state index in [1.807, 2.05) is 6.07 Å². The van der Waals surface area contributed by atoms with Crippen molar-refractivity contribution >= 4 is 5.96 Å². The molecule has 6 nitrogen and oxygen atoms in total. The minimum absolute atomic E-state index is 0.188. The van der Waals surface area contributed by atoms with Crippen LogP contribution in [0.25, 0.3) is 0 Å². The number of guanidine groups is 1. The summed E-state index contributed by atoms with van der Waals surface area (Å²) in [6.07, 6.45) is 4.00. The molecule has 1 aliphatic heterocycles. The number of aliphatic hydroxyl groups is 1. The third-order valence-corrected chi connectivity index (χ3v) is 5.76. The molecule has 27 heavy (non-hydrogen) atoms. The van der Waals surface area contributed by atoms with E-state index < -0.39 is 0 Å². The fourth-order valence-electron chi connectivity index (χ4n) is 4.15.